The van der Waals surface area contributed by atoms with Gasteiger partial charge in [-0.05, 0) is 51.1 Å². The molecule has 1 aliphatic carbocycles. The SMILES string of the molecule is CN(CC1CCCNC1)c1ncnc2c1CCC2. The molecule has 0 spiro atoms. The van der Waals surface area contributed by atoms with Crippen LogP contribution in [-0.4, -0.2) is 36.6 Å². The molecule has 0 aromatic carbocycles. The van der Waals surface area contributed by atoms with E-state index >= 15 is 0 Å². The van der Waals surface area contributed by atoms with Crippen molar-refractivity contribution in [3.63, 3.8) is 0 Å². The molecule has 1 aromatic rings. The van der Waals surface area contributed by atoms with Gasteiger partial charge in [-0.3, -0.25) is 0 Å². The van der Waals surface area contributed by atoms with Crippen molar-refractivity contribution in [3.8, 4) is 0 Å². The lowest BCUT2D eigenvalue weighted by Gasteiger charge is -2.29. The third-order valence-corrected chi connectivity index (χ3v) is 4.14. The van der Waals surface area contributed by atoms with Crippen LogP contribution in [-0.2, 0) is 12.8 Å². The maximum absolute atomic E-state index is 4.51. The van der Waals surface area contributed by atoms with Crippen molar-refractivity contribution in [2.45, 2.75) is 32.1 Å². The molecule has 18 heavy (non-hydrogen) atoms. The van der Waals surface area contributed by atoms with Gasteiger partial charge in [0.2, 0.25) is 0 Å². The van der Waals surface area contributed by atoms with E-state index in [9.17, 15) is 0 Å². The fourth-order valence-corrected chi connectivity index (χ4v) is 3.22. The zero-order valence-corrected chi connectivity index (χ0v) is 11.2. The Morgan fingerprint density at radius 2 is 2.28 bits per heavy atom. The molecule has 1 N–H and O–H groups in total. The van der Waals surface area contributed by atoms with E-state index in [4.69, 9.17) is 0 Å². The Bertz CT molecular complexity index is 412. The van der Waals surface area contributed by atoms with Crippen molar-refractivity contribution in [1.29, 1.82) is 0 Å². The van der Waals surface area contributed by atoms with E-state index in [1.165, 1.54) is 42.9 Å². The number of aromatic nitrogens is 2. The maximum atomic E-state index is 4.51. The highest BCUT2D eigenvalue weighted by Gasteiger charge is 2.21. The average Bonchev–Trinajstić information content (AvgIpc) is 2.87. The van der Waals surface area contributed by atoms with E-state index < -0.39 is 0 Å². The Morgan fingerprint density at radius 3 is 3.11 bits per heavy atom. The van der Waals surface area contributed by atoms with Crippen molar-refractivity contribution < 1.29 is 0 Å². The van der Waals surface area contributed by atoms with Gasteiger partial charge in [0.1, 0.15) is 12.1 Å². The van der Waals surface area contributed by atoms with Crippen LogP contribution in [0, 0.1) is 5.92 Å². The first-order chi connectivity index (χ1) is 8.84. The van der Waals surface area contributed by atoms with E-state index in [2.05, 4.69) is 27.2 Å². The molecule has 4 heteroatoms. The number of anilines is 1. The predicted molar refractivity (Wildman–Crippen MR) is 72.9 cm³/mol. The van der Waals surface area contributed by atoms with Crippen LogP contribution < -0.4 is 10.2 Å². The number of nitrogens with zero attached hydrogens (tertiary/aromatic N) is 3. The zero-order chi connectivity index (χ0) is 12.4. The lowest BCUT2D eigenvalue weighted by Crippen LogP contribution is -2.37. The summed E-state index contributed by atoms with van der Waals surface area (Å²) in [5.74, 6) is 1.93. The minimum Gasteiger partial charge on any atom is -0.359 e. The Hall–Kier alpha value is -1.16. The molecule has 1 saturated heterocycles. The zero-order valence-electron chi connectivity index (χ0n) is 11.2. The summed E-state index contributed by atoms with van der Waals surface area (Å²) in [6, 6.07) is 0. The highest BCUT2D eigenvalue weighted by Crippen LogP contribution is 2.27. The van der Waals surface area contributed by atoms with Crippen molar-refractivity contribution in [1.82, 2.24) is 15.3 Å². The minimum atomic E-state index is 0.760. The molecule has 1 fully saturated rings. The highest BCUT2D eigenvalue weighted by atomic mass is 15.2. The number of hydrogen-bond donors (Lipinski definition) is 1. The van der Waals surface area contributed by atoms with Crippen LogP contribution >= 0.6 is 0 Å². The summed E-state index contributed by atoms with van der Waals surface area (Å²) < 4.78 is 0. The Balaban J connectivity index is 1.72. The lowest BCUT2D eigenvalue weighted by molar-refractivity contribution is 0.380. The van der Waals surface area contributed by atoms with Crippen LogP contribution in [0.5, 0.6) is 0 Å². The fraction of sp³-hybridized carbons (Fsp3) is 0.714. The van der Waals surface area contributed by atoms with Crippen molar-refractivity contribution in [3.05, 3.63) is 17.6 Å². The fourth-order valence-electron chi connectivity index (χ4n) is 3.22. The van der Waals surface area contributed by atoms with E-state index in [1.54, 1.807) is 6.33 Å². The second-order valence-electron chi connectivity index (χ2n) is 5.57. The summed E-state index contributed by atoms with van der Waals surface area (Å²) in [6.07, 6.45) is 7.89. The van der Waals surface area contributed by atoms with Crippen LogP contribution in [0.4, 0.5) is 5.82 Å². The average molecular weight is 246 g/mol. The summed E-state index contributed by atoms with van der Waals surface area (Å²) in [5.41, 5.74) is 2.66. The van der Waals surface area contributed by atoms with Gasteiger partial charge in [-0.1, -0.05) is 0 Å². The number of fused-ring (bicyclic) bond motifs is 1. The van der Waals surface area contributed by atoms with Gasteiger partial charge in [0, 0.05) is 24.8 Å². The second kappa shape index (κ2) is 5.22. The Kier molecular flexibility index (Phi) is 3.46. The van der Waals surface area contributed by atoms with E-state index in [0.29, 0.717) is 0 Å². The van der Waals surface area contributed by atoms with Crippen LogP contribution in [0.25, 0.3) is 0 Å². The molecule has 4 nitrogen and oxygen atoms in total. The quantitative estimate of drug-likeness (QED) is 0.875. The largest absolute Gasteiger partial charge is 0.359 e. The van der Waals surface area contributed by atoms with Gasteiger partial charge in [0.25, 0.3) is 0 Å². The third kappa shape index (κ3) is 2.34. The van der Waals surface area contributed by atoms with Gasteiger partial charge in [-0.2, -0.15) is 0 Å². The van der Waals surface area contributed by atoms with Crippen LogP contribution in [0.2, 0.25) is 0 Å². The lowest BCUT2D eigenvalue weighted by atomic mass is 9.99. The van der Waals surface area contributed by atoms with Crippen LogP contribution in [0.1, 0.15) is 30.5 Å². The van der Waals surface area contributed by atoms with Crippen LogP contribution in [0.3, 0.4) is 0 Å². The molecule has 2 aliphatic rings. The third-order valence-electron chi connectivity index (χ3n) is 4.14. The summed E-state index contributed by atoms with van der Waals surface area (Å²) in [4.78, 5) is 11.2. The van der Waals surface area contributed by atoms with E-state index in [-0.39, 0.29) is 0 Å². The minimum absolute atomic E-state index is 0.760. The molecule has 0 bridgehead atoms. The molecule has 3 rings (SSSR count). The van der Waals surface area contributed by atoms with E-state index in [1.807, 2.05) is 0 Å². The molecule has 0 radical (unpaired) electrons. The maximum Gasteiger partial charge on any atom is 0.135 e. The molecule has 1 aromatic heterocycles. The standard InChI is InChI=1S/C14H22N4/c1-18(9-11-4-3-7-15-8-11)14-12-5-2-6-13(12)16-10-17-14/h10-11,15H,2-9H2,1H3. The molecule has 0 amide bonds. The second-order valence-corrected chi connectivity index (χ2v) is 5.57. The number of piperidine rings is 1. The molecule has 1 unspecified atom stereocenters. The van der Waals surface area contributed by atoms with Crippen LogP contribution in [0.15, 0.2) is 6.33 Å². The molecule has 1 atom stereocenters. The number of rotatable bonds is 3. The first-order valence-electron chi connectivity index (χ1n) is 7.09. The smallest absolute Gasteiger partial charge is 0.135 e. The Morgan fingerprint density at radius 1 is 1.33 bits per heavy atom. The first-order valence-corrected chi connectivity index (χ1v) is 7.09. The molecular weight excluding hydrogens is 224 g/mol. The summed E-state index contributed by atoms with van der Waals surface area (Å²) in [5, 5.41) is 3.48. The van der Waals surface area contributed by atoms with Gasteiger partial charge in [0.15, 0.2) is 0 Å². The van der Waals surface area contributed by atoms with Gasteiger partial charge < -0.3 is 10.2 Å². The van der Waals surface area contributed by atoms with Gasteiger partial charge >= 0.3 is 0 Å². The molecular formula is C14H22N4. The molecule has 98 valence electrons. The highest BCUT2D eigenvalue weighted by molar-refractivity contribution is 5.49. The van der Waals surface area contributed by atoms with E-state index in [0.717, 1.165) is 31.8 Å². The van der Waals surface area contributed by atoms with Gasteiger partial charge in [0.05, 0.1) is 0 Å². The summed E-state index contributed by atoms with van der Waals surface area (Å²) in [7, 11) is 2.18. The van der Waals surface area contributed by atoms with Gasteiger partial charge in [-0.25, -0.2) is 9.97 Å². The summed E-state index contributed by atoms with van der Waals surface area (Å²) in [6.45, 7) is 3.44. The summed E-state index contributed by atoms with van der Waals surface area (Å²) >= 11 is 0. The molecule has 0 saturated carbocycles. The Labute approximate surface area is 109 Å². The molecule has 1 aliphatic heterocycles. The normalized spacial score (nSPS) is 22.8. The van der Waals surface area contributed by atoms with Gasteiger partial charge in [-0.15, -0.1) is 0 Å². The predicted octanol–water partition coefficient (Wildman–Crippen LogP) is 1.40. The topological polar surface area (TPSA) is 41.0 Å². The number of aryl methyl sites for hydroxylation is 1. The van der Waals surface area contributed by atoms with Crippen molar-refractivity contribution in [2.24, 2.45) is 5.92 Å². The number of nitrogens with one attached hydrogen (secondary N) is 1. The molecule has 2 heterocycles. The monoisotopic (exact) mass is 246 g/mol. The van der Waals surface area contributed by atoms with Crippen molar-refractivity contribution in [2.75, 3.05) is 31.6 Å². The first kappa shape index (κ1) is 11.9. The number of hydrogen-bond acceptors (Lipinski definition) is 4. The van der Waals surface area contributed by atoms with Crippen molar-refractivity contribution >= 4 is 5.82 Å².